The predicted octanol–water partition coefficient (Wildman–Crippen LogP) is 3.11. The van der Waals surface area contributed by atoms with Crippen LogP contribution in [0.4, 0.5) is 5.69 Å². The van der Waals surface area contributed by atoms with Gasteiger partial charge in [0.25, 0.3) is 5.91 Å². The zero-order valence-corrected chi connectivity index (χ0v) is 20.2. The number of ether oxygens (including phenoxy) is 1. The normalized spacial score (nSPS) is 15.4. The van der Waals surface area contributed by atoms with Crippen LogP contribution in [0.25, 0.3) is 16.9 Å². The molecule has 1 aliphatic rings. The zero-order valence-electron chi connectivity index (χ0n) is 19.4. The topological polar surface area (TPSA) is 173 Å². The summed E-state index contributed by atoms with van der Waals surface area (Å²) < 4.78 is 33.5. The molecule has 0 spiro atoms. The lowest BCUT2D eigenvalue weighted by Gasteiger charge is -2.34. The summed E-state index contributed by atoms with van der Waals surface area (Å²) in [6.07, 6.45) is 1.54. The maximum Gasteiger partial charge on any atom is 0.252 e. The highest BCUT2D eigenvalue weighted by Gasteiger charge is 2.27. The molecule has 13 heteroatoms. The van der Waals surface area contributed by atoms with Crippen molar-refractivity contribution in [2.45, 2.75) is 19.4 Å². The number of nitrogens with two attached hydrogens (primary N) is 1. The molecular weight excluding hydrogens is 484 g/mol. The van der Waals surface area contributed by atoms with E-state index in [4.69, 9.17) is 10.5 Å². The molecule has 12 nitrogen and oxygen atoms in total. The standard InChI is InChI=1S/C23H24N8O4S/c1-23(2,13-35-18-9-5-7-16-20(18)21(24)29-36(33,34)28-16)26-22(32)14-10-11-25-19(12-14)31-17-8-4-3-6-15(17)27-30-31/h3-12,28,33-34H,13H2,1-2H3,(H2,24,29)(H,26,32). The molecule has 2 aromatic carbocycles. The van der Waals surface area contributed by atoms with Crippen molar-refractivity contribution in [1.82, 2.24) is 25.3 Å². The van der Waals surface area contributed by atoms with Crippen molar-refractivity contribution < 1.29 is 18.6 Å². The Kier molecular flexibility index (Phi) is 5.74. The highest BCUT2D eigenvalue weighted by molar-refractivity contribution is 8.24. The monoisotopic (exact) mass is 508 g/mol. The molecule has 5 rings (SSSR count). The first-order chi connectivity index (χ1) is 17.1. The second-order valence-electron chi connectivity index (χ2n) is 8.80. The van der Waals surface area contributed by atoms with Gasteiger partial charge in [-0.05, 0) is 61.2 Å². The summed E-state index contributed by atoms with van der Waals surface area (Å²) in [5, 5.41) is 11.3. The number of carbonyl (C=O) groups is 1. The van der Waals surface area contributed by atoms with Gasteiger partial charge in [0.2, 0.25) is 0 Å². The quantitative estimate of drug-likeness (QED) is 0.262. The second kappa shape index (κ2) is 8.78. The van der Waals surface area contributed by atoms with Crippen LogP contribution in [0.3, 0.4) is 0 Å². The number of amidine groups is 1. The van der Waals surface area contributed by atoms with Gasteiger partial charge in [0, 0.05) is 11.8 Å². The third kappa shape index (κ3) is 4.66. The van der Waals surface area contributed by atoms with Crippen LogP contribution in [-0.2, 0) is 0 Å². The Hall–Kier alpha value is -4.20. The molecule has 0 radical (unpaired) electrons. The second-order valence-corrected chi connectivity index (χ2v) is 10.2. The summed E-state index contributed by atoms with van der Waals surface area (Å²) in [6, 6.07) is 15.8. The molecule has 1 amide bonds. The number of anilines is 1. The SMILES string of the molecule is CC(C)(COc1cccc2c1C(N)=NS(O)(O)N2)NC(=O)c1ccnc(-n2nnc3ccccc32)c1. The molecule has 0 fully saturated rings. The first kappa shape index (κ1) is 23.5. The minimum Gasteiger partial charge on any atom is -0.490 e. The number of carbonyl (C=O) groups excluding carboxylic acids is 1. The van der Waals surface area contributed by atoms with E-state index in [9.17, 15) is 13.9 Å². The number of para-hydroxylation sites is 1. The number of rotatable bonds is 6. The van der Waals surface area contributed by atoms with Gasteiger partial charge in [0.1, 0.15) is 17.9 Å². The van der Waals surface area contributed by atoms with E-state index in [1.165, 1.54) is 0 Å². The van der Waals surface area contributed by atoms with E-state index in [1.54, 1.807) is 41.2 Å². The third-order valence-corrected chi connectivity index (χ3v) is 6.32. The molecule has 0 aliphatic carbocycles. The number of amides is 1. The lowest BCUT2D eigenvalue weighted by molar-refractivity contribution is 0.0880. The Morgan fingerprint density at radius 2 is 2.00 bits per heavy atom. The molecule has 36 heavy (non-hydrogen) atoms. The Labute approximate surface area is 207 Å². The number of hydrogen-bond donors (Lipinski definition) is 5. The summed E-state index contributed by atoms with van der Waals surface area (Å²) in [7, 11) is -3.40. The molecule has 4 aromatic rings. The van der Waals surface area contributed by atoms with E-state index in [2.05, 4.69) is 29.7 Å². The van der Waals surface area contributed by atoms with Crippen molar-refractivity contribution >= 4 is 39.4 Å². The molecule has 0 unspecified atom stereocenters. The lowest BCUT2D eigenvalue weighted by Crippen LogP contribution is -2.48. The van der Waals surface area contributed by atoms with E-state index in [-0.39, 0.29) is 18.3 Å². The van der Waals surface area contributed by atoms with Crippen molar-refractivity contribution in [3.05, 3.63) is 71.9 Å². The van der Waals surface area contributed by atoms with E-state index < -0.39 is 16.5 Å². The maximum absolute atomic E-state index is 13.1. The van der Waals surface area contributed by atoms with Crippen LogP contribution in [-0.4, -0.2) is 53.0 Å². The fourth-order valence-corrected chi connectivity index (χ4v) is 4.62. The van der Waals surface area contributed by atoms with Crippen LogP contribution < -0.4 is 20.5 Å². The fourth-order valence-electron chi connectivity index (χ4n) is 3.74. The molecular formula is C23H24N8O4S. The van der Waals surface area contributed by atoms with Crippen LogP contribution in [0.15, 0.2) is 65.2 Å². The first-order valence-corrected chi connectivity index (χ1v) is 12.4. The highest BCUT2D eigenvalue weighted by atomic mass is 32.3. The zero-order chi connectivity index (χ0) is 25.5. The Morgan fingerprint density at radius 1 is 1.19 bits per heavy atom. The van der Waals surface area contributed by atoms with Crippen LogP contribution in [0.1, 0.15) is 29.8 Å². The van der Waals surface area contributed by atoms with Gasteiger partial charge in [-0.1, -0.05) is 23.4 Å². The minimum atomic E-state index is -3.40. The number of aromatic nitrogens is 4. The van der Waals surface area contributed by atoms with Gasteiger partial charge >= 0.3 is 0 Å². The number of nitrogens with one attached hydrogen (secondary N) is 2. The van der Waals surface area contributed by atoms with Gasteiger partial charge in [-0.25, -0.2) is 4.98 Å². The lowest BCUT2D eigenvalue weighted by atomic mass is 10.1. The molecule has 3 heterocycles. The maximum atomic E-state index is 13.1. The van der Waals surface area contributed by atoms with E-state index >= 15 is 0 Å². The van der Waals surface area contributed by atoms with Crippen molar-refractivity contribution in [3.63, 3.8) is 0 Å². The summed E-state index contributed by atoms with van der Waals surface area (Å²) in [4.78, 5) is 17.4. The average Bonchev–Trinajstić information content (AvgIpc) is 3.26. The van der Waals surface area contributed by atoms with Crippen LogP contribution in [0, 0.1) is 0 Å². The van der Waals surface area contributed by atoms with Gasteiger partial charge in [0.05, 0.1) is 22.3 Å². The number of fused-ring (bicyclic) bond motifs is 2. The fraction of sp³-hybridized carbons (Fsp3) is 0.174. The number of nitrogens with zero attached hydrogens (tertiary/aromatic N) is 5. The molecule has 186 valence electrons. The van der Waals surface area contributed by atoms with E-state index in [1.807, 2.05) is 38.1 Å². The summed E-state index contributed by atoms with van der Waals surface area (Å²) in [5.41, 5.74) is 7.89. The number of pyridine rings is 1. The Balaban J connectivity index is 1.31. The smallest absolute Gasteiger partial charge is 0.252 e. The summed E-state index contributed by atoms with van der Waals surface area (Å²) in [5.74, 6) is 0.492. The molecule has 0 saturated carbocycles. The van der Waals surface area contributed by atoms with Crippen molar-refractivity contribution in [1.29, 1.82) is 0 Å². The molecule has 2 aromatic heterocycles. The molecule has 1 aliphatic heterocycles. The van der Waals surface area contributed by atoms with Gasteiger partial charge in [-0.3, -0.25) is 18.6 Å². The van der Waals surface area contributed by atoms with Crippen molar-refractivity contribution in [2.24, 2.45) is 10.1 Å². The molecule has 0 bridgehead atoms. The van der Waals surface area contributed by atoms with E-state index in [0.717, 1.165) is 11.0 Å². The largest absolute Gasteiger partial charge is 0.490 e. The molecule has 0 saturated heterocycles. The van der Waals surface area contributed by atoms with Crippen molar-refractivity contribution in [3.8, 4) is 11.6 Å². The summed E-state index contributed by atoms with van der Waals surface area (Å²) in [6.45, 7) is 3.74. The predicted molar refractivity (Wildman–Crippen MR) is 137 cm³/mol. The molecule has 6 N–H and O–H groups in total. The number of hydrogen-bond acceptors (Lipinski definition) is 10. The van der Waals surface area contributed by atoms with Gasteiger partial charge in [-0.2, -0.15) is 4.68 Å². The van der Waals surface area contributed by atoms with Crippen LogP contribution in [0.5, 0.6) is 5.75 Å². The van der Waals surface area contributed by atoms with Crippen molar-refractivity contribution in [2.75, 3.05) is 11.3 Å². The Morgan fingerprint density at radius 3 is 2.83 bits per heavy atom. The molecule has 0 atom stereocenters. The minimum absolute atomic E-state index is 0.0499. The highest BCUT2D eigenvalue weighted by Crippen LogP contribution is 2.46. The number of benzene rings is 2. The summed E-state index contributed by atoms with van der Waals surface area (Å²) >= 11 is 0. The van der Waals surface area contributed by atoms with Crippen LogP contribution >= 0.6 is 11.0 Å². The third-order valence-electron chi connectivity index (χ3n) is 5.37. The van der Waals surface area contributed by atoms with Gasteiger partial charge in [0.15, 0.2) is 11.7 Å². The Bertz CT molecular complexity index is 1500. The first-order valence-electron chi connectivity index (χ1n) is 10.9. The average molecular weight is 509 g/mol. The van der Waals surface area contributed by atoms with E-state index in [0.29, 0.717) is 28.4 Å². The van der Waals surface area contributed by atoms with Gasteiger partial charge < -0.3 is 15.8 Å². The van der Waals surface area contributed by atoms with Gasteiger partial charge in [-0.15, -0.1) is 9.50 Å². The van der Waals surface area contributed by atoms with Crippen LogP contribution in [0.2, 0.25) is 0 Å².